The summed E-state index contributed by atoms with van der Waals surface area (Å²) in [7, 11) is 0. The summed E-state index contributed by atoms with van der Waals surface area (Å²) < 4.78 is 10.7. The van der Waals surface area contributed by atoms with Gasteiger partial charge in [-0.15, -0.1) is 0 Å². The maximum Gasteiger partial charge on any atom is 0.306 e. The van der Waals surface area contributed by atoms with E-state index in [0.717, 1.165) is 173 Å². The number of ether oxygens (including phenoxy) is 2. The standard InChI is InChI=1S/C87H136O5/c1-3-5-7-9-11-13-15-17-19-21-23-25-27-29-31-33-35-37-39-41-43-45-47-49-51-53-55-57-59-61-63-65-67-69-71-73-75-77-79-81-86(89)91-84-85(83-88)92-87(90)82-80-78-76-74-72-70-68-66-64-62-60-58-56-54-52-50-48-46-44-42-40-38-36-34-32-30-28-26-24-22-20-18-16-14-12-10-8-6-4-2/h5-8,11-14,17-20,23-26,29-32,35-38,41-44,48,50,54,56,60,62,66,68,85,88H,3-4,9-10,15-16,21-22,27-28,33-34,39-40,45-47,49,51-53,55,57-59,61,63-65,67,69-84H2,1-2H3/b7-5-,8-6-,13-11-,14-12-,19-17-,20-18-,25-23-,26-24-,31-29-,32-30-,37-35-,38-36-,43-41-,44-42-,50-48-,56-54-,62-60-,68-66-. The SMILES string of the molecule is CC/C=C\C/C=C\C/C=C\C/C=C\C/C=C\C/C=C\C/C=C\C/C=C\C/C=C\C/C=C\C/C=C\CCCCCCCC(=O)OC(CO)COC(=O)CCCCCCCCCCCCCCCCCCC/C=C\C/C=C\C/C=C\C/C=C\C/C=C\C/C=C\C/C=C\CC. The third-order valence-electron chi connectivity index (χ3n) is 15.3. The van der Waals surface area contributed by atoms with Crippen molar-refractivity contribution in [1.82, 2.24) is 0 Å². The van der Waals surface area contributed by atoms with Gasteiger partial charge in [-0.25, -0.2) is 0 Å². The molecule has 0 aromatic rings. The first kappa shape index (κ1) is 86.2. The number of esters is 2. The van der Waals surface area contributed by atoms with Gasteiger partial charge >= 0.3 is 11.9 Å². The zero-order valence-electron chi connectivity index (χ0n) is 59.0. The van der Waals surface area contributed by atoms with E-state index in [0.29, 0.717) is 12.8 Å². The van der Waals surface area contributed by atoms with Gasteiger partial charge in [0.2, 0.25) is 0 Å². The first-order valence-electron chi connectivity index (χ1n) is 37.3. The molecule has 0 heterocycles. The molecule has 0 fully saturated rings. The zero-order valence-corrected chi connectivity index (χ0v) is 59.0. The molecule has 514 valence electrons. The van der Waals surface area contributed by atoms with E-state index in [4.69, 9.17) is 9.47 Å². The van der Waals surface area contributed by atoms with Crippen LogP contribution in [-0.4, -0.2) is 36.4 Å². The summed E-state index contributed by atoms with van der Waals surface area (Å²) in [6.07, 6.45) is 128. The summed E-state index contributed by atoms with van der Waals surface area (Å²) in [5.74, 6) is -0.620. The van der Waals surface area contributed by atoms with E-state index in [1.165, 1.54) is 96.3 Å². The second-order valence-electron chi connectivity index (χ2n) is 23.9. The van der Waals surface area contributed by atoms with Crippen LogP contribution in [0.2, 0.25) is 0 Å². The highest BCUT2D eigenvalue weighted by molar-refractivity contribution is 5.70. The summed E-state index contributed by atoms with van der Waals surface area (Å²) in [5.41, 5.74) is 0. The van der Waals surface area contributed by atoms with Crippen LogP contribution >= 0.6 is 0 Å². The Bertz CT molecular complexity index is 2170. The van der Waals surface area contributed by atoms with Gasteiger partial charge in [-0.05, 0) is 154 Å². The van der Waals surface area contributed by atoms with Gasteiger partial charge in [0.05, 0.1) is 6.61 Å². The van der Waals surface area contributed by atoms with Gasteiger partial charge in [-0.1, -0.05) is 348 Å². The van der Waals surface area contributed by atoms with E-state index in [-0.39, 0.29) is 25.2 Å². The normalized spacial score (nSPS) is 13.6. The number of carbonyl (C=O) groups is 2. The third-order valence-corrected chi connectivity index (χ3v) is 15.3. The fourth-order valence-electron chi connectivity index (χ4n) is 9.78. The number of allylic oxidation sites excluding steroid dienone is 36. The molecule has 5 nitrogen and oxygen atoms in total. The molecule has 0 radical (unpaired) electrons. The number of carbonyl (C=O) groups excluding carboxylic acids is 2. The Kier molecular flexibility index (Phi) is 74.5. The van der Waals surface area contributed by atoms with Crippen molar-refractivity contribution in [2.75, 3.05) is 13.2 Å². The van der Waals surface area contributed by atoms with Crippen LogP contribution in [0.3, 0.4) is 0 Å². The minimum atomic E-state index is -0.799. The number of aliphatic hydroxyl groups excluding tert-OH is 1. The molecule has 0 bridgehead atoms. The van der Waals surface area contributed by atoms with Crippen molar-refractivity contribution >= 4 is 11.9 Å². The maximum atomic E-state index is 12.4. The number of rotatable bonds is 66. The Labute approximate surface area is 567 Å². The lowest BCUT2D eigenvalue weighted by Gasteiger charge is -2.15. The maximum absolute atomic E-state index is 12.4. The Hall–Kier alpha value is -5.78. The molecule has 0 saturated carbocycles. The van der Waals surface area contributed by atoms with Gasteiger partial charge < -0.3 is 14.6 Å². The van der Waals surface area contributed by atoms with Crippen LogP contribution in [0.1, 0.15) is 296 Å². The van der Waals surface area contributed by atoms with Crippen LogP contribution in [-0.2, 0) is 19.1 Å². The molecule has 0 aromatic heterocycles. The second-order valence-corrected chi connectivity index (χ2v) is 23.9. The second kappa shape index (κ2) is 79.5. The lowest BCUT2D eigenvalue weighted by Crippen LogP contribution is -2.28. The fourth-order valence-corrected chi connectivity index (χ4v) is 9.78. The van der Waals surface area contributed by atoms with Crippen LogP contribution < -0.4 is 0 Å². The van der Waals surface area contributed by atoms with Gasteiger partial charge in [-0.3, -0.25) is 9.59 Å². The number of unbranched alkanes of at least 4 members (excludes halogenated alkanes) is 22. The van der Waals surface area contributed by atoms with Crippen LogP contribution in [0.25, 0.3) is 0 Å². The van der Waals surface area contributed by atoms with E-state index >= 15 is 0 Å². The molecular formula is C87H136O5. The van der Waals surface area contributed by atoms with Crippen LogP contribution in [0.15, 0.2) is 219 Å². The summed E-state index contributed by atoms with van der Waals surface area (Å²) in [6.45, 7) is 3.90. The lowest BCUT2D eigenvalue weighted by molar-refractivity contribution is -0.161. The van der Waals surface area contributed by atoms with E-state index in [1.807, 2.05) is 0 Å². The number of hydrogen-bond acceptors (Lipinski definition) is 5. The van der Waals surface area contributed by atoms with Gasteiger partial charge in [0.1, 0.15) is 6.61 Å². The fraction of sp³-hybridized carbons (Fsp3) is 0.563. The Morgan fingerprint density at radius 1 is 0.250 bits per heavy atom. The predicted molar refractivity (Wildman–Crippen MR) is 407 cm³/mol. The molecule has 0 amide bonds. The quantitative estimate of drug-likeness (QED) is 0.0373. The first-order chi connectivity index (χ1) is 45.6. The molecule has 0 spiro atoms. The summed E-state index contributed by atoms with van der Waals surface area (Å²) in [4.78, 5) is 24.7. The van der Waals surface area contributed by atoms with E-state index in [2.05, 4.69) is 233 Å². The third kappa shape index (κ3) is 76.7. The highest BCUT2D eigenvalue weighted by atomic mass is 16.6. The molecule has 1 N–H and O–H groups in total. The Balaban J connectivity index is 3.59. The van der Waals surface area contributed by atoms with Crippen LogP contribution in [0.5, 0.6) is 0 Å². The number of aliphatic hydroxyl groups is 1. The van der Waals surface area contributed by atoms with Crippen LogP contribution in [0, 0.1) is 0 Å². The largest absolute Gasteiger partial charge is 0.462 e. The van der Waals surface area contributed by atoms with E-state index in [9.17, 15) is 14.7 Å². The highest BCUT2D eigenvalue weighted by Crippen LogP contribution is 2.16. The molecule has 1 unspecified atom stereocenters. The molecule has 0 saturated heterocycles. The van der Waals surface area contributed by atoms with Gasteiger partial charge in [0.15, 0.2) is 6.10 Å². The van der Waals surface area contributed by atoms with Crippen LogP contribution in [0.4, 0.5) is 0 Å². The average Bonchev–Trinajstić information content (AvgIpc) is 3.75. The number of hydrogen-bond donors (Lipinski definition) is 1. The smallest absolute Gasteiger partial charge is 0.306 e. The molecule has 0 aromatic carbocycles. The predicted octanol–water partition coefficient (Wildman–Crippen LogP) is 26.6. The van der Waals surface area contributed by atoms with Crippen molar-refractivity contribution < 1.29 is 24.2 Å². The Morgan fingerprint density at radius 3 is 0.652 bits per heavy atom. The molecule has 1 atom stereocenters. The topological polar surface area (TPSA) is 72.8 Å². The zero-order chi connectivity index (χ0) is 66.1. The van der Waals surface area contributed by atoms with Crippen molar-refractivity contribution in [2.45, 2.75) is 302 Å². The summed E-state index contributed by atoms with van der Waals surface area (Å²) >= 11 is 0. The van der Waals surface area contributed by atoms with Crippen molar-refractivity contribution in [1.29, 1.82) is 0 Å². The van der Waals surface area contributed by atoms with Gasteiger partial charge in [0.25, 0.3) is 0 Å². The molecule has 92 heavy (non-hydrogen) atoms. The van der Waals surface area contributed by atoms with Gasteiger partial charge in [0, 0.05) is 12.8 Å². The van der Waals surface area contributed by atoms with Crippen molar-refractivity contribution in [3.63, 3.8) is 0 Å². The Morgan fingerprint density at radius 2 is 0.435 bits per heavy atom. The minimum absolute atomic E-state index is 0.0850. The molecule has 0 rings (SSSR count). The molecule has 0 aliphatic carbocycles. The summed E-state index contributed by atoms with van der Waals surface area (Å²) in [6, 6.07) is 0. The first-order valence-corrected chi connectivity index (χ1v) is 37.3. The highest BCUT2D eigenvalue weighted by Gasteiger charge is 2.16. The van der Waals surface area contributed by atoms with E-state index in [1.54, 1.807) is 0 Å². The monoisotopic (exact) mass is 1260 g/mol. The molecule has 5 heteroatoms. The van der Waals surface area contributed by atoms with Crippen molar-refractivity contribution in [3.8, 4) is 0 Å². The van der Waals surface area contributed by atoms with E-state index < -0.39 is 6.10 Å². The molecule has 0 aliphatic rings. The van der Waals surface area contributed by atoms with Crippen molar-refractivity contribution in [3.05, 3.63) is 219 Å². The van der Waals surface area contributed by atoms with Crippen molar-refractivity contribution in [2.24, 2.45) is 0 Å². The minimum Gasteiger partial charge on any atom is -0.462 e. The average molecular weight is 1260 g/mol. The summed E-state index contributed by atoms with van der Waals surface area (Å²) in [5, 5.41) is 9.72. The van der Waals surface area contributed by atoms with Gasteiger partial charge in [-0.2, -0.15) is 0 Å². The molecule has 0 aliphatic heterocycles. The molecular weight excluding hydrogens is 1120 g/mol. The lowest BCUT2D eigenvalue weighted by atomic mass is 10.0.